The van der Waals surface area contributed by atoms with E-state index in [0.29, 0.717) is 11.8 Å². The van der Waals surface area contributed by atoms with Gasteiger partial charge in [-0.15, -0.1) is 0 Å². The Kier molecular flexibility index (Phi) is 5.05. The molecule has 3 rings (SSSR count). The molecular formula is C18H24N4O. The molecule has 1 saturated carbocycles. The minimum atomic E-state index is 0.0232. The minimum Gasteiger partial charge on any atom is -0.391 e. The summed E-state index contributed by atoms with van der Waals surface area (Å²) in [5.74, 6) is 1.33. The molecule has 0 bridgehead atoms. The summed E-state index contributed by atoms with van der Waals surface area (Å²) < 4.78 is 1.66. The topological polar surface area (TPSA) is 52.3 Å². The summed E-state index contributed by atoms with van der Waals surface area (Å²) in [5.41, 5.74) is 2.40. The van der Waals surface area contributed by atoms with Crippen molar-refractivity contribution >= 4 is 5.84 Å². The van der Waals surface area contributed by atoms with Crippen molar-refractivity contribution in [3.63, 3.8) is 0 Å². The maximum atomic E-state index is 5.47. The van der Waals surface area contributed by atoms with Crippen LogP contribution in [0.2, 0.25) is 0 Å². The number of hydrogen-bond acceptors (Lipinski definition) is 4. The summed E-state index contributed by atoms with van der Waals surface area (Å²) in [7, 11) is 0. The molecule has 0 N–H and O–H groups in total. The third-order valence-electron chi connectivity index (χ3n) is 4.21. The fourth-order valence-corrected chi connectivity index (χ4v) is 3.07. The quantitative estimate of drug-likeness (QED) is 0.488. The zero-order chi connectivity index (χ0) is 16.1. The largest absolute Gasteiger partial charge is 0.391 e. The van der Waals surface area contributed by atoms with Crippen LogP contribution in [0.1, 0.15) is 63.0 Å². The van der Waals surface area contributed by atoms with Gasteiger partial charge in [0, 0.05) is 5.56 Å². The lowest BCUT2D eigenvalue weighted by Crippen LogP contribution is -2.16. The third-order valence-corrected chi connectivity index (χ3v) is 4.21. The van der Waals surface area contributed by atoms with Crippen molar-refractivity contribution in [1.29, 1.82) is 0 Å². The van der Waals surface area contributed by atoms with Gasteiger partial charge in [0.15, 0.2) is 0 Å². The Bertz CT molecular complexity index is 643. The molecule has 1 aliphatic rings. The summed E-state index contributed by atoms with van der Waals surface area (Å²) >= 11 is 0. The van der Waals surface area contributed by atoms with E-state index in [-0.39, 0.29) is 6.10 Å². The van der Waals surface area contributed by atoms with Crippen LogP contribution in [0.25, 0.3) is 0 Å². The molecule has 2 aromatic rings. The fourth-order valence-electron chi connectivity index (χ4n) is 3.07. The van der Waals surface area contributed by atoms with Crippen molar-refractivity contribution in [2.75, 3.05) is 0 Å². The molecule has 1 aromatic carbocycles. The first kappa shape index (κ1) is 15.7. The third kappa shape index (κ3) is 3.97. The Morgan fingerprint density at radius 2 is 2.09 bits per heavy atom. The summed E-state index contributed by atoms with van der Waals surface area (Å²) in [6.07, 6.45) is 9.76. The highest BCUT2D eigenvalue weighted by atomic mass is 16.6. The first-order valence-corrected chi connectivity index (χ1v) is 8.43. The van der Waals surface area contributed by atoms with Crippen molar-refractivity contribution in [3.8, 4) is 0 Å². The molecule has 1 heterocycles. The predicted octanol–water partition coefficient (Wildman–Crippen LogP) is 3.96. The van der Waals surface area contributed by atoms with Gasteiger partial charge in [-0.2, -0.15) is 9.78 Å². The SMILES string of the molecule is CC(C)O/N=C(\c1cccc(C2CCCCC2)c1)n1cncn1. The highest BCUT2D eigenvalue weighted by Crippen LogP contribution is 2.32. The van der Waals surface area contributed by atoms with Crippen molar-refractivity contribution in [2.45, 2.75) is 58.0 Å². The summed E-state index contributed by atoms with van der Waals surface area (Å²) in [6, 6.07) is 8.60. The van der Waals surface area contributed by atoms with Crippen LogP contribution < -0.4 is 0 Å². The number of nitrogens with zero attached hydrogens (tertiary/aromatic N) is 4. The smallest absolute Gasteiger partial charge is 0.201 e. The molecule has 0 radical (unpaired) electrons. The molecular weight excluding hydrogens is 288 g/mol. The molecule has 0 saturated heterocycles. The van der Waals surface area contributed by atoms with Crippen LogP contribution in [0.4, 0.5) is 0 Å². The zero-order valence-electron chi connectivity index (χ0n) is 13.9. The van der Waals surface area contributed by atoms with Gasteiger partial charge in [0.25, 0.3) is 0 Å². The number of benzene rings is 1. The lowest BCUT2D eigenvalue weighted by Gasteiger charge is -2.22. The van der Waals surface area contributed by atoms with Crippen molar-refractivity contribution in [3.05, 3.63) is 48.0 Å². The van der Waals surface area contributed by atoms with Gasteiger partial charge in [-0.1, -0.05) is 42.6 Å². The van der Waals surface area contributed by atoms with Gasteiger partial charge in [0.05, 0.1) is 0 Å². The van der Waals surface area contributed by atoms with Crippen LogP contribution in [0, 0.1) is 0 Å². The van der Waals surface area contributed by atoms with Gasteiger partial charge in [0.1, 0.15) is 18.8 Å². The molecule has 1 aromatic heterocycles. The maximum absolute atomic E-state index is 5.47. The molecule has 1 fully saturated rings. The van der Waals surface area contributed by atoms with Gasteiger partial charge in [-0.3, -0.25) is 0 Å². The molecule has 0 aliphatic heterocycles. The van der Waals surface area contributed by atoms with Gasteiger partial charge in [-0.25, -0.2) is 4.98 Å². The average Bonchev–Trinajstić information content (AvgIpc) is 3.10. The van der Waals surface area contributed by atoms with Crippen molar-refractivity contribution in [1.82, 2.24) is 14.8 Å². The lowest BCUT2D eigenvalue weighted by molar-refractivity contribution is 0.0851. The Morgan fingerprint density at radius 3 is 2.78 bits per heavy atom. The van der Waals surface area contributed by atoms with E-state index < -0.39 is 0 Å². The first-order valence-electron chi connectivity index (χ1n) is 8.43. The highest BCUT2D eigenvalue weighted by molar-refractivity contribution is 5.99. The molecule has 0 unspecified atom stereocenters. The molecule has 0 spiro atoms. The van der Waals surface area contributed by atoms with Gasteiger partial charge in [0.2, 0.25) is 5.84 Å². The second kappa shape index (κ2) is 7.40. The Hall–Kier alpha value is -2.17. The van der Waals surface area contributed by atoms with Gasteiger partial charge in [-0.05, 0) is 44.2 Å². The van der Waals surface area contributed by atoms with Gasteiger partial charge < -0.3 is 4.84 Å². The number of oxime groups is 1. The Morgan fingerprint density at radius 1 is 1.26 bits per heavy atom. The maximum Gasteiger partial charge on any atom is 0.201 e. The van der Waals surface area contributed by atoms with E-state index in [9.17, 15) is 0 Å². The second-order valence-corrected chi connectivity index (χ2v) is 6.37. The van der Waals surface area contributed by atoms with Gasteiger partial charge >= 0.3 is 0 Å². The number of hydrogen-bond donors (Lipinski definition) is 0. The van der Waals surface area contributed by atoms with Crippen LogP contribution in [0.3, 0.4) is 0 Å². The number of aromatic nitrogens is 3. The van der Waals surface area contributed by atoms with E-state index in [4.69, 9.17) is 4.84 Å². The van der Waals surface area contributed by atoms with Crippen LogP contribution in [0.15, 0.2) is 42.1 Å². The monoisotopic (exact) mass is 312 g/mol. The van der Waals surface area contributed by atoms with Crippen LogP contribution >= 0.6 is 0 Å². The van der Waals surface area contributed by atoms with Crippen LogP contribution in [-0.2, 0) is 4.84 Å². The molecule has 0 atom stereocenters. The molecule has 5 nitrogen and oxygen atoms in total. The van der Waals surface area contributed by atoms with E-state index in [2.05, 4.69) is 39.5 Å². The van der Waals surface area contributed by atoms with Crippen molar-refractivity contribution < 1.29 is 4.84 Å². The second-order valence-electron chi connectivity index (χ2n) is 6.37. The molecule has 0 amide bonds. The van der Waals surface area contributed by atoms with E-state index in [1.165, 1.54) is 44.0 Å². The minimum absolute atomic E-state index is 0.0232. The Balaban J connectivity index is 1.91. The molecule has 1 aliphatic carbocycles. The Labute approximate surface area is 137 Å². The predicted molar refractivity (Wildman–Crippen MR) is 90.4 cm³/mol. The summed E-state index contributed by atoms with van der Waals surface area (Å²) in [5, 5.41) is 8.51. The molecule has 5 heteroatoms. The fraction of sp³-hybridized carbons (Fsp3) is 0.500. The summed E-state index contributed by atoms with van der Waals surface area (Å²) in [6.45, 7) is 3.92. The van der Waals surface area contributed by atoms with Crippen LogP contribution in [-0.4, -0.2) is 26.7 Å². The first-order chi connectivity index (χ1) is 11.2. The van der Waals surface area contributed by atoms with E-state index in [1.807, 2.05) is 13.8 Å². The standard InChI is InChI=1S/C18H24N4O/c1-14(2)23-21-18(22-13-19-12-20-22)17-10-6-9-16(11-17)15-7-4-3-5-8-15/h6,9-15H,3-5,7-8H2,1-2H3/b21-18+. The zero-order valence-corrected chi connectivity index (χ0v) is 13.9. The number of rotatable bonds is 4. The molecule has 122 valence electrons. The summed E-state index contributed by atoms with van der Waals surface area (Å²) in [4.78, 5) is 9.49. The van der Waals surface area contributed by atoms with Crippen molar-refractivity contribution in [2.24, 2.45) is 5.16 Å². The van der Waals surface area contributed by atoms with E-state index >= 15 is 0 Å². The lowest BCUT2D eigenvalue weighted by atomic mass is 9.83. The van der Waals surface area contributed by atoms with E-state index in [1.54, 1.807) is 11.0 Å². The normalized spacial score (nSPS) is 16.7. The highest BCUT2D eigenvalue weighted by Gasteiger charge is 2.17. The molecule has 23 heavy (non-hydrogen) atoms. The van der Waals surface area contributed by atoms with Crippen LogP contribution in [0.5, 0.6) is 0 Å². The average molecular weight is 312 g/mol. The van der Waals surface area contributed by atoms with E-state index in [0.717, 1.165) is 5.56 Å².